The first-order valence-electron chi connectivity index (χ1n) is 6.42. The van der Waals surface area contributed by atoms with Gasteiger partial charge in [0.1, 0.15) is 0 Å². The third-order valence-electron chi connectivity index (χ3n) is 4.27. The molecular weight excluding hydrogens is 236 g/mol. The van der Waals surface area contributed by atoms with Crippen LogP contribution in [0.4, 0.5) is 0 Å². The van der Waals surface area contributed by atoms with Crippen molar-refractivity contribution in [2.75, 3.05) is 13.7 Å². The molecule has 1 aliphatic heterocycles. The molecule has 4 atom stereocenters. The fourth-order valence-corrected chi connectivity index (χ4v) is 3.13. The molecule has 1 N–H and O–H groups in total. The standard InChI is InChI=1S/C13H20O5/c1-8-3-4-13(12(16)17-2,6-9-7-18-9)10(5-8)11(14)15/h8-10H,3-7H2,1-2H3,(H,14,15). The molecule has 1 saturated heterocycles. The smallest absolute Gasteiger partial charge is 0.312 e. The van der Waals surface area contributed by atoms with Gasteiger partial charge >= 0.3 is 11.9 Å². The molecule has 2 aliphatic rings. The van der Waals surface area contributed by atoms with Gasteiger partial charge in [-0.15, -0.1) is 0 Å². The summed E-state index contributed by atoms with van der Waals surface area (Å²) in [5.74, 6) is -1.60. The number of carbonyl (C=O) groups excluding carboxylic acids is 1. The molecule has 5 nitrogen and oxygen atoms in total. The number of aliphatic carboxylic acids is 1. The maximum Gasteiger partial charge on any atom is 0.312 e. The number of carbonyl (C=O) groups is 2. The highest BCUT2D eigenvalue weighted by molar-refractivity contribution is 5.85. The Morgan fingerprint density at radius 3 is 2.67 bits per heavy atom. The van der Waals surface area contributed by atoms with Crippen molar-refractivity contribution in [1.29, 1.82) is 0 Å². The molecule has 18 heavy (non-hydrogen) atoms. The normalized spacial score (nSPS) is 39.1. The number of ether oxygens (including phenoxy) is 2. The third kappa shape index (κ3) is 2.36. The molecule has 0 bridgehead atoms. The first kappa shape index (κ1) is 13.3. The van der Waals surface area contributed by atoms with E-state index in [0.717, 1.165) is 6.42 Å². The molecule has 102 valence electrons. The predicted octanol–water partition coefficient (Wildman–Crippen LogP) is 1.46. The number of carboxylic acid groups (broad SMARTS) is 1. The number of hydrogen-bond donors (Lipinski definition) is 1. The van der Waals surface area contributed by atoms with Crippen LogP contribution in [0.3, 0.4) is 0 Å². The van der Waals surface area contributed by atoms with Crippen LogP contribution in [0.1, 0.15) is 32.6 Å². The molecule has 4 unspecified atom stereocenters. The van der Waals surface area contributed by atoms with E-state index >= 15 is 0 Å². The maximum atomic E-state index is 12.1. The first-order valence-corrected chi connectivity index (χ1v) is 6.42. The summed E-state index contributed by atoms with van der Waals surface area (Å²) in [5.41, 5.74) is -0.895. The van der Waals surface area contributed by atoms with Gasteiger partial charge < -0.3 is 14.6 Å². The molecule has 0 aromatic rings. The van der Waals surface area contributed by atoms with Crippen LogP contribution in [0.5, 0.6) is 0 Å². The third-order valence-corrected chi connectivity index (χ3v) is 4.27. The van der Waals surface area contributed by atoms with Crippen molar-refractivity contribution in [3.63, 3.8) is 0 Å². The van der Waals surface area contributed by atoms with E-state index in [4.69, 9.17) is 9.47 Å². The van der Waals surface area contributed by atoms with Gasteiger partial charge in [0.25, 0.3) is 0 Å². The molecule has 2 rings (SSSR count). The van der Waals surface area contributed by atoms with Gasteiger partial charge in [-0.2, -0.15) is 0 Å². The Kier molecular flexibility index (Phi) is 3.61. The zero-order valence-corrected chi connectivity index (χ0v) is 10.8. The molecular formula is C13H20O5. The molecule has 0 spiro atoms. The van der Waals surface area contributed by atoms with Crippen molar-refractivity contribution >= 4 is 11.9 Å². The highest BCUT2D eigenvalue weighted by atomic mass is 16.6. The summed E-state index contributed by atoms with van der Waals surface area (Å²) in [7, 11) is 1.33. The Morgan fingerprint density at radius 1 is 1.50 bits per heavy atom. The Hall–Kier alpha value is -1.10. The summed E-state index contributed by atoms with van der Waals surface area (Å²) in [6.07, 6.45) is 2.49. The van der Waals surface area contributed by atoms with Gasteiger partial charge in [0.05, 0.1) is 31.2 Å². The summed E-state index contributed by atoms with van der Waals surface area (Å²) in [6, 6.07) is 0. The molecule has 1 saturated carbocycles. The van der Waals surface area contributed by atoms with Crippen LogP contribution < -0.4 is 0 Å². The van der Waals surface area contributed by atoms with Gasteiger partial charge in [0, 0.05) is 0 Å². The van der Waals surface area contributed by atoms with Gasteiger partial charge in [0.15, 0.2) is 0 Å². The number of esters is 1. The van der Waals surface area contributed by atoms with E-state index in [9.17, 15) is 14.7 Å². The molecule has 0 amide bonds. The second-order valence-electron chi connectivity index (χ2n) is 5.58. The average molecular weight is 256 g/mol. The maximum absolute atomic E-state index is 12.1. The van der Waals surface area contributed by atoms with Crippen LogP contribution in [-0.4, -0.2) is 36.9 Å². The van der Waals surface area contributed by atoms with Gasteiger partial charge in [-0.3, -0.25) is 9.59 Å². The van der Waals surface area contributed by atoms with E-state index in [2.05, 4.69) is 0 Å². The van der Waals surface area contributed by atoms with Crippen LogP contribution in [0.15, 0.2) is 0 Å². The SMILES string of the molecule is COC(=O)C1(CC2CO2)CCC(C)CC1C(=O)O. The average Bonchev–Trinajstić information content (AvgIpc) is 3.14. The molecule has 1 aliphatic carbocycles. The topological polar surface area (TPSA) is 76.1 Å². The first-order chi connectivity index (χ1) is 8.49. The van der Waals surface area contributed by atoms with Crippen LogP contribution in [-0.2, 0) is 19.1 Å². The van der Waals surface area contributed by atoms with E-state index in [1.165, 1.54) is 7.11 Å². The largest absolute Gasteiger partial charge is 0.481 e. The lowest BCUT2D eigenvalue weighted by atomic mass is 9.61. The predicted molar refractivity (Wildman–Crippen MR) is 62.9 cm³/mol. The summed E-state index contributed by atoms with van der Waals surface area (Å²) in [5, 5.41) is 9.42. The fraction of sp³-hybridized carbons (Fsp3) is 0.846. The van der Waals surface area contributed by atoms with E-state index in [1.807, 2.05) is 6.92 Å². The van der Waals surface area contributed by atoms with Crippen LogP contribution >= 0.6 is 0 Å². The Balaban J connectivity index is 2.28. The highest BCUT2D eigenvalue weighted by Crippen LogP contribution is 2.49. The van der Waals surface area contributed by atoms with Crippen molar-refractivity contribution in [3.05, 3.63) is 0 Å². The summed E-state index contributed by atoms with van der Waals surface area (Å²) >= 11 is 0. The monoisotopic (exact) mass is 256 g/mol. The van der Waals surface area contributed by atoms with E-state index in [0.29, 0.717) is 31.8 Å². The second kappa shape index (κ2) is 4.88. The molecule has 0 aromatic carbocycles. The van der Waals surface area contributed by atoms with Gasteiger partial charge in [-0.1, -0.05) is 6.92 Å². The lowest BCUT2D eigenvalue weighted by Gasteiger charge is -2.41. The van der Waals surface area contributed by atoms with E-state index in [-0.39, 0.29) is 6.10 Å². The summed E-state index contributed by atoms with van der Waals surface area (Å²) in [4.78, 5) is 23.6. The van der Waals surface area contributed by atoms with Crippen LogP contribution in [0, 0.1) is 17.3 Å². The van der Waals surface area contributed by atoms with Crippen molar-refractivity contribution < 1.29 is 24.2 Å². The highest BCUT2D eigenvalue weighted by Gasteiger charge is 2.55. The zero-order valence-electron chi connectivity index (χ0n) is 10.8. The van der Waals surface area contributed by atoms with E-state index in [1.54, 1.807) is 0 Å². The van der Waals surface area contributed by atoms with Gasteiger partial charge in [0.2, 0.25) is 0 Å². The zero-order chi connectivity index (χ0) is 13.3. The summed E-state index contributed by atoms with van der Waals surface area (Å²) < 4.78 is 10.1. The van der Waals surface area contributed by atoms with Gasteiger partial charge in [-0.05, 0) is 31.6 Å². The number of carboxylic acids is 1. The minimum atomic E-state index is -0.896. The molecule has 1 heterocycles. The molecule has 0 aromatic heterocycles. The van der Waals surface area contributed by atoms with Crippen LogP contribution in [0.2, 0.25) is 0 Å². The number of rotatable bonds is 4. The van der Waals surface area contributed by atoms with Crippen molar-refractivity contribution in [3.8, 4) is 0 Å². The van der Waals surface area contributed by atoms with E-state index < -0.39 is 23.3 Å². The van der Waals surface area contributed by atoms with Crippen LogP contribution in [0.25, 0.3) is 0 Å². The number of methoxy groups -OCH3 is 1. The number of epoxide rings is 1. The summed E-state index contributed by atoms with van der Waals surface area (Å²) in [6.45, 7) is 2.66. The minimum absolute atomic E-state index is 0.0272. The minimum Gasteiger partial charge on any atom is -0.481 e. The number of hydrogen-bond acceptors (Lipinski definition) is 4. The Bertz CT molecular complexity index is 349. The Labute approximate surface area is 106 Å². The molecule has 0 radical (unpaired) electrons. The lowest BCUT2D eigenvalue weighted by molar-refractivity contribution is -0.171. The lowest BCUT2D eigenvalue weighted by Crippen LogP contribution is -2.47. The second-order valence-corrected chi connectivity index (χ2v) is 5.58. The molecule has 2 fully saturated rings. The van der Waals surface area contributed by atoms with Crippen molar-refractivity contribution in [2.24, 2.45) is 17.3 Å². The van der Waals surface area contributed by atoms with Crippen molar-refractivity contribution in [1.82, 2.24) is 0 Å². The Morgan fingerprint density at radius 2 is 2.17 bits per heavy atom. The molecule has 5 heteroatoms. The quantitative estimate of drug-likeness (QED) is 0.608. The fourth-order valence-electron chi connectivity index (χ4n) is 3.13. The van der Waals surface area contributed by atoms with Crippen molar-refractivity contribution in [2.45, 2.75) is 38.7 Å². The van der Waals surface area contributed by atoms with Gasteiger partial charge in [-0.25, -0.2) is 0 Å².